The van der Waals surface area contributed by atoms with Gasteiger partial charge >= 0.3 is 0 Å². The van der Waals surface area contributed by atoms with Crippen LogP contribution >= 0.6 is 0 Å². The van der Waals surface area contributed by atoms with Crippen LogP contribution in [0.15, 0.2) is 54.1 Å². The van der Waals surface area contributed by atoms with Gasteiger partial charge in [-0.05, 0) is 74.1 Å². The Balaban J connectivity index is 1.78. The molecule has 1 unspecified atom stereocenters. The second-order valence-corrected chi connectivity index (χ2v) is 9.58. The van der Waals surface area contributed by atoms with Gasteiger partial charge in [0, 0.05) is 18.2 Å². The Morgan fingerprint density at radius 2 is 1.97 bits per heavy atom. The van der Waals surface area contributed by atoms with E-state index in [1.165, 1.54) is 3.97 Å². The lowest BCUT2D eigenvalue weighted by Crippen LogP contribution is -2.22. The van der Waals surface area contributed by atoms with E-state index in [1.807, 2.05) is 38.1 Å². The minimum absolute atomic E-state index is 0.217. The molecule has 1 saturated heterocycles. The van der Waals surface area contributed by atoms with Gasteiger partial charge in [0.05, 0.1) is 17.0 Å². The van der Waals surface area contributed by atoms with Crippen LogP contribution in [0.2, 0.25) is 0 Å². The van der Waals surface area contributed by atoms with E-state index in [-0.39, 0.29) is 11.2 Å². The van der Waals surface area contributed by atoms with Crippen molar-refractivity contribution in [1.82, 2.24) is 3.97 Å². The maximum Gasteiger partial charge on any atom is 0.268 e. The van der Waals surface area contributed by atoms with Gasteiger partial charge in [-0.15, -0.1) is 0 Å². The molecule has 5 nitrogen and oxygen atoms in total. The summed E-state index contributed by atoms with van der Waals surface area (Å²) in [7, 11) is -3.71. The van der Waals surface area contributed by atoms with E-state index in [4.69, 9.17) is 9.47 Å². The zero-order chi connectivity index (χ0) is 21.3. The summed E-state index contributed by atoms with van der Waals surface area (Å²) in [5.41, 5.74) is 4.43. The highest BCUT2D eigenvalue weighted by molar-refractivity contribution is 7.90. The third kappa shape index (κ3) is 3.83. The Bertz CT molecular complexity index is 1170. The molecule has 2 aromatic carbocycles. The standard InChI is InChI=1S/C24H27NO4S/c1-4-19-15-18(3)24-21(22(19)16-29-23-7-5-6-14-28-23)12-13-25(24)30(26,27)20-10-8-17(2)9-11-20/h4,8-13,15,23H,1,5-7,14,16H2,2-3H3. The van der Waals surface area contributed by atoms with Gasteiger partial charge < -0.3 is 9.47 Å². The average molecular weight is 426 g/mol. The van der Waals surface area contributed by atoms with Crippen molar-refractivity contribution in [3.8, 4) is 0 Å². The number of rotatable bonds is 6. The van der Waals surface area contributed by atoms with Crippen LogP contribution in [0.5, 0.6) is 0 Å². The van der Waals surface area contributed by atoms with E-state index < -0.39 is 10.0 Å². The van der Waals surface area contributed by atoms with E-state index in [1.54, 1.807) is 24.4 Å². The topological polar surface area (TPSA) is 57.5 Å². The van der Waals surface area contributed by atoms with Gasteiger partial charge in [-0.25, -0.2) is 12.4 Å². The van der Waals surface area contributed by atoms with Crippen molar-refractivity contribution >= 4 is 27.0 Å². The summed E-state index contributed by atoms with van der Waals surface area (Å²) in [6, 6.07) is 10.7. The van der Waals surface area contributed by atoms with Crippen LogP contribution in [0.1, 0.15) is 41.5 Å². The zero-order valence-corrected chi connectivity index (χ0v) is 18.2. The minimum atomic E-state index is -3.71. The molecule has 6 heteroatoms. The molecule has 1 atom stereocenters. The summed E-state index contributed by atoms with van der Waals surface area (Å²) >= 11 is 0. The smallest absolute Gasteiger partial charge is 0.268 e. The maximum absolute atomic E-state index is 13.3. The molecule has 4 rings (SSSR count). The molecule has 0 saturated carbocycles. The normalized spacial score (nSPS) is 17.3. The van der Waals surface area contributed by atoms with Crippen molar-refractivity contribution in [2.24, 2.45) is 0 Å². The third-order valence-electron chi connectivity index (χ3n) is 5.62. The van der Waals surface area contributed by atoms with Gasteiger partial charge in [-0.3, -0.25) is 0 Å². The number of hydrogen-bond donors (Lipinski definition) is 0. The molecular weight excluding hydrogens is 398 g/mol. The fourth-order valence-corrected chi connectivity index (χ4v) is 5.39. The van der Waals surface area contributed by atoms with Crippen molar-refractivity contribution in [1.29, 1.82) is 0 Å². The van der Waals surface area contributed by atoms with Crippen LogP contribution < -0.4 is 0 Å². The summed E-state index contributed by atoms with van der Waals surface area (Å²) in [6.45, 7) is 8.85. The quantitative estimate of drug-likeness (QED) is 0.546. The molecule has 0 aliphatic carbocycles. The van der Waals surface area contributed by atoms with E-state index in [0.29, 0.717) is 18.7 Å². The van der Waals surface area contributed by atoms with Gasteiger partial charge in [0.2, 0.25) is 0 Å². The summed E-state index contributed by atoms with van der Waals surface area (Å²) in [6.07, 6.45) is 6.23. The Labute approximate surface area is 178 Å². The molecule has 0 radical (unpaired) electrons. The monoisotopic (exact) mass is 425 g/mol. The molecular formula is C24H27NO4S. The van der Waals surface area contributed by atoms with Crippen molar-refractivity contribution in [2.75, 3.05) is 6.61 Å². The first-order valence-corrected chi connectivity index (χ1v) is 11.7. The van der Waals surface area contributed by atoms with Gasteiger partial charge in [0.25, 0.3) is 10.0 Å². The van der Waals surface area contributed by atoms with E-state index in [9.17, 15) is 8.42 Å². The van der Waals surface area contributed by atoms with Crippen molar-refractivity contribution in [3.05, 3.63) is 71.4 Å². The number of aromatic nitrogens is 1. The largest absolute Gasteiger partial charge is 0.353 e. The lowest BCUT2D eigenvalue weighted by atomic mass is 10.00. The molecule has 0 amide bonds. The molecule has 158 valence electrons. The second-order valence-electron chi connectivity index (χ2n) is 7.76. The molecule has 1 aromatic heterocycles. The van der Waals surface area contributed by atoms with Crippen LogP contribution in [0.4, 0.5) is 0 Å². The van der Waals surface area contributed by atoms with Gasteiger partial charge in [-0.2, -0.15) is 0 Å². The van der Waals surface area contributed by atoms with E-state index in [0.717, 1.165) is 46.9 Å². The Morgan fingerprint density at radius 3 is 2.63 bits per heavy atom. The molecule has 1 aliphatic heterocycles. The summed E-state index contributed by atoms with van der Waals surface area (Å²) < 4.78 is 39.8. The van der Waals surface area contributed by atoms with Crippen LogP contribution in [0.3, 0.4) is 0 Å². The van der Waals surface area contributed by atoms with Crippen LogP contribution in [-0.4, -0.2) is 25.3 Å². The number of aryl methyl sites for hydroxylation is 2. The summed E-state index contributed by atoms with van der Waals surface area (Å²) in [5, 5.41) is 0.858. The van der Waals surface area contributed by atoms with Crippen LogP contribution in [0, 0.1) is 13.8 Å². The highest BCUT2D eigenvalue weighted by atomic mass is 32.2. The SMILES string of the molecule is C=Cc1cc(C)c2c(ccn2S(=O)(=O)c2ccc(C)cc2)c1COC1CCCCO1. The number of nitrogens with zero attached hydrogens (tertiary/aromatic N) is 1. The highest BCUT2D eigenvalue weighted by Gasteiger charge is 2.23. The molecule has 0 bridgehead atoms. The predicted octanol–water partition coefficient (Wildman–Crippen LogP) is 5.18. The first-order chi connectivity index (χ1) is 14.4. The molecule has 0 spiro atoms. The fourth-order valence-electron chi connectivity index (χ4n) is 3.97. The fraction of sp³-hybridized carbons (Fsp3) is 0.333. The summed E-state index contributed by atoms with van der Waals surface area (Å²) in [4.78, 5) is 0.270. The first kappa shape index (κ1) is 20.8. The predicted molar refractivity (Wildman–Crippen MR) is 119 cm³/mol. The lowest BCUT2D eigenvalue weighted by Gasteiger charge is -2.23. The van der Waals surface area contributed by atoms with Crippen LogP contribution in [0.25, 0.3) is 17.0 Å². The Hall–Kier alpha value is -2.41. The maximum atomic E-state index is 13.3. The first-order valence-electron chi connectivity index (χ1n) is 10.2. The summed E-state index contributed by atoms with van der Waals surface area (Å²) in [5.74, 6) is 0. The van der Waals surface area contributed by atoms with E-state index in [2.05, 4.69) is 6.58 Å². The number of benzene rings is 2. The van der Waals surface area contributed by atoms with Gasteiger partial charge in [0.15, 0.2) is 6.29 Å². The van der Waals surface area contributed by atoms with Crippen molar-refractivity contribution < 1.29 is 17.9 Å². The number of fused-ring (bicyclic) bond motifs is 1. The Morgan fingerprint density at radius 1 is 1.20 bits per heavy atom. The van der Waals surface area contributed by atoms with Crippen LogP contribution in [-0.2, 0) is 26.1 Å². The second kappa shape index (κ2) is 8.38. The molecule has 30 heavy (non-hydrogen) atoms. The molecule has 0 N–H and O–H groups in total. The average Bonchev–Trinajstić information content (AvgIpc) is 3.21. The van der Waals surface area contributed by atoms with E-state index >= 15 is 0 Å². The highest BCUT2D eigenvalue weighted by Crippen LogP contribution is 2.32. The van der Waals surface area contributed by atoms with Gasteiger partial charge in [-0.1, -0.05) is 30.4 Å². The molecule has 3 aromatic rings. The van der Waals surface area contributed by atoms with Crippen molar-refractivity contribution in [3.63, 3.8) is 0 Å². The number of ether oxygens (including phenoxy) is 2. The molecule has 1 fully saturated rings. The third-order valence-corrected chi connectivity index (χ3v) is 7.31. The van der Waals surface area contributed by atoms with Gasteiger partial charge in [0.1, 0.15) is 0 Å². The van der Waals surface area contributed by atoms with Crippen molar-refractivity contribution in [2.45, 2.75) is 50.9 Å². The number of hydrogen-bond acceptors (Lipinski definition) is 4. The minimum Gasteiger partial charge on any atom is -0.353 e. The molecule has 2 heterocycles. The lowest BCUT2D eigenvalue weighted by molar-refractivity contribution is -0.168. The molecule has 1 aliphatic rings. The Kier molecular flexibility index (Phi) is 5.82. The zero-order valence-electron chi connectivity index (χ0n) is 17.4.